The minimum absolute atomic E-state index is 0.136. The summed E-state index contributed by atoms with van der Waals surface area (Å²) >= 11 is 0. The number of hydrogen-bond acceptors (Lipinski definition) is 12. The lowest BCUT2D eigenvalue weighted by atomic mass is 9.85. The molecular weight excluding hydrogens is 876 g/mol. The quantitative estimate of drug-likeness (QED) is 0.0146. The molecule has 1 aliphatic carbocycles. The van der Waals surface area contributed by atoms with E-state index in [9.17, 15) is 44.6 Å². The number of allylic oxidation sites excluding steroid dienone is 9. The number of phosphoric ester groups is 1. The van der Waals surface area contributed by atoms with Gasteiger partial charge in [0, 0.05) is 6.42 Å². The van der Waals surface area contributed by atoms with Gasteiger partial charge in [0.25, 0.3) is 0 Å². The summed E-state index contributed by atoms with van der Waals surface area (Å²) in [4.78, 5) is 35.7. The normalized spacial score (nSPS) is 21.6. The molecule has 14 heteroatoms. The monoisotopic (exact) mass is 969 g/mol. The fraction of sp³-hybridized carbons (Fsp3) is 0.774. The van der Waals surface area contributed by atoms with Gasteiger partial charge in [0.05, 0.1) is 13.0 Å². The number of unbranched alkanes of at least 4 members (excludes halogenated alkanes) is 22. The topological polar surface area (TPSA) is 210 Å². The highest BCUT2D eigenvalue weighted by atomic mass is 31.2. The van der Waals surface area contributed by atoms with Crippen LogP contribution in [0.25, 0.3) is 0 Å². The van der Waals surface area contributed by atoms with Crippen molar-refractivity contribution >= 4 is 19.8 Å². The Hall–Kier alpha value is -2.45. The molecule has 0 aromatic carbocycles. The summed E-state index contributed by atoms with van der Waals surface area (Å²) in [5.41, 5.74) is 0. The first kappa shape index (κ1) is 62.6. The van der Waals surface area contributed by atoms with Crippen molar-refractivity contribution in [3.63, 3.8) is 0 Å². The minimum atomic E-state index is -5.15. The van der Waals surface area contributed by atoms with Crippen molar-refractivity contribution in [2.45, 2.75) is 249 Å². The lowest BCUT2D eigenvalue weighted by molar-refractivity contribution is -0.220. The van der Waals surface area contributed by atoms with Crippen LogP contribution < -0.4 is 0 Å². The number of ether oxygens (including phenoxy) is 2. The summed E-state index contributed by atoms with van der Waals surface area (Å²) in [6.45, 7) is 3.13. The van der Waals surface area contributed by atoms with Crippen LogP contribution in [0.5, 0.6) is 0 Å². The smallest absolute Gasteiger partial charge is 0.462 e. The number of carbonyl (C=O) groups is 2. The summed E-state index contributed by atoms with van der Waals surface area (Å²) in [6.07, 6.45) is 40.3. The molecule has 13 nitrogen and oxygen atoms in total. The molecule has 6 atom stereocenters. The van der Waals surface area contributed by atoms with Crippen LogP contribution in [-0.4, -0.2) is 98.3 Å². The third-order valence-electron chi connectivity index (χ3n) is 11.9. The molecule has 1 rings (SSSR count). The van der Waals surface area contributed by atoms with E-state index in [2.05, 4.69) is 50.3 Å². The molecule has 0 saturated heterocycles. The Morgan fingerprint density at radius 1 is 0.478 bits per heavy atom. The second-order valence-corrected chi connectivity index (χ2v) is 19.4. The predicted molar refractivity (Wildman–Crippen MR) is 267 cm³/mol. The summed E-state index contributed by atoms with van der Waals surface area (Å²) in [5.74, 6) is -1.24. The van der Waals surface area contributed by atoms with E-state index in [1.165, 1.54) is 122 Å². The molecule has 0 radical (unpaired) electrons. The molecule has 6 unspecified atom stereocenters. The van der Waals surface area contributed by atoms with Gasteiger partial charge in [0.15, 0.2) is 6.10 Å². The Morgan fingerprint density at radius 2 is 0.836 bits per heavy atom. The van der Waals surface area contributed by atoms with Crippen molar-refractivity contribution in [1.29, 1.82) is 0 Å². The fourth-order valence-corrected chi connectivity index (χ4v) is 8.75. The second kappa shape index (κ2) is 42.4. The summed E-state index contributed by atoms with van der Waals surface area (Å²) < 4.78 is 33.5. The van der Waals surface area contributed by atoms with Crippen LogP contribution in [0.3, 0.4) is 0 Å². The van der Waals surface area contributed by atoms with Gasteiger partial charge in [-0.25, -0.2) is 4.57 Å². The van der Waals surface area contributed by atoms with Gasteiger partial charge >= 0.3 is 19.8 Å². The van der Waals surface area contributed by atoms with Gasteiger partial charge in [-0.05, 0) is 38.5 Å². The Morgan fingerprint density at radius 3 is 1.24 bits per heavy atom. The lowest BCUT2D eigenvalue weighted by Gasteiger charge is -2.41. The van der Waals surface area contributed by atoms with Crippen molar-refractivity contribution in [2.24, 2.45) is 0 Å². The van der Waals surface area contributed by atoms with Crippen LogP contribution >= 0.6 is 7.82 Å². The van der Waals surface area contributed by atoms with E-state index >= 15 is 0 Å². The van der Waals surface area contributed by atoms with Gasteiger partial charge in [0.1, 0.15) is 43.2 Å². The summed E-state index contributed by atoms with van der Waals surface area (Å²) in [6, 6.07) is 0. The molecule has 67 heavy (non-hydrogen) atoms. The first-order valence-electron chi connectivity index (χ1n) is 26.1. The molecule has 1 saturated carbocycles. The molecule has 0 amide bonds. The third-order valence-corrected chi connectivity index (χ3v) is 12.9. The summed E-state index contributed by atoms with van der Waals surface area (Å²) in [5, 5.41) is 50.2. The zero-order valence-corrected chi connectivity index (χ0v) is 42.3. The van der Waals surface area contributed by atoms with Gasteiger partial charge in [-0.2, -0.15) is 0 Å². The largest absolute Gasteiger partial charge is 0.472 e. The van der Waals surface area contributed by atoms with E-state index in [0.29, 0.717) is 12.8 Å². The van der Waals surface area contributed by atoms with Crippen LogP contribution in [0.2, 0.25) is 0 Å². The van der Waals surface area contributed by atoms with Gasteiger partial charge < -0.3 is 39.9 Å². The molecule has 1 fully saturated rings. The van der Waals surface area contributed by atoms with E-state index < -0.39 is 75.7 Å². The minimum Gasteiger partial charge on any atom is -0.462 e. The zero-order chi connectivity index (χ0) is 49.2. The predicted octanol–water partition coefficient (Wildman–Crippen LogP) is 11.3. The molecule has 388 valence electrons. The van der Waals surface area contributed by atoms with Crippen LogP contribution in [0.1, 0.15) is 206 Å². The SMILES string of the molecule is CC/C=C\C/C=C\C/C=C\C/C=C\C/C=C\CC(=O)OC(COC(=O)CCCCCCCCCCCCCCCCCCCCCCCCC)COP(=O)(O)OC1C(O)C(O)C(O)C(O)C1O. The molecule has 0 spiro atoms. The summed E-state index contributed by atoms with van der Waals surface area (Å²) in [7, 11) is -5.15. The highest BCUT2D eigenvalue weighted by Crippen LogP contribution is 2.47. The first-order chi connectivity index (χ1) is 32.4. The highest BCUT2D eigenvalue weighted by molar-refractivity contribution is 7.47. The van der Waals surface area contributed by atoms with Crippen molar-refractivity contribution < 1.29 is 63.1 Å². The molecule has 0 aromatic heterocycles. The zero-order valence-electron chi connectivity index (χ0n) is 41.4. The lowest BCUT2D eigenvalue weighted by Crippen LogP contribution is -2.64. The van der Waals surface area contributed by atoms with E-state index in [1.807, 2.05) is 12.2 Å². The molecule has 0 bridgehead atoms. The molecular formula is C53H93O13P. The number of hydrogen-bond donors (Lipinski definition) is 6. The average Bonchev–Trinajstić information content (AvgIpc) is 3.31. The number of phosphoric acid groups is 1. The number of carbonyl (C=O) groups excluding carboxylic acids is 2. The van der Waals surface area contributed by atoms with E-state index in [-0.39, 0.29) is 12.8 Å². The fourth-order valence-electron chi connectivity index (χ4n) is 7.78. The Labute approximate surface area is 404 Å². The first-order valence-corrected chi connectivity index (χ1v) is 27.6. The van der Waals surface area contributed by atoms with Crippen LogP contribution in [0, 0.1) is 0 Å². The number of aliphatic hydroxyl groups excluding tert-OH is 5. The maximum Gasteiger partial charge on any atom is 0.472 e. The molecule has 1 aliphatic rings. The Balaban J connectivity index is 2.39. The van der Waals surface area contributed by atoms with Gasteiger partial charge in [-0.15, -0.1) is 0 Å². The maximum absolute atomic E-state index is 12.8. The number of esters is 2. The van der Waals surface area contributed by atoms with Gasteiger partial charge in [0.2, 0.25) is 0 Å². The van der Waals surface area contributed by atoms with E-state index in [4.69, 9.17) is 18.5 Å². The molecule has 0 aromatic rings. The Kier molecular flexibility index (Phi) is 39.6. The van der Waals surface area contributed by atoms with Crippen LogP contribution in [0.15, 0.2) is 60.8 Å². The van der Waals surface area contributed by atoms with Gasteiger partial charge in [-0.1, -0.05) is 216 Å². The van der Waals surface area contributed by atoms with E-state index in [0.717, 1.165) is 44.9 Å². The van der Waals surface area contributed by atoms with Crippen molar-refractivity contribution in [3.05, 3.63) is 60.8 Å². The van der Waals surface area contributed by atoms with E-state index in [1.54, 1.807) is 12.2 Å². The van der Waals surface area contributed by atoms with Crippen molar-refractivity contribution in [3.8, 4) is 0 Å². The third kappa shape index (κ3) is 34.5. The number of rotatable bonds is 43. The van der Waals surface area contributed by atoms with Crippen LogP contribution in [-0.2, 0) is 32.7 Å². The van der Waals surface area contributed by atoms with Crippen molar-refractivity contribution in [2.75, 3.05) is 13.2 Å². The maximum atomic E-state index is 12.8. The molecule has 0 aliphatic heterocycles. The van der Waals surface area contributed by atoms with Gasteiger partial charge in [-0.3, -0.25) is 18.6 Å². The standard InChI is InChI=1S/C53H93O13P/c1-3-5-7-9-11-13-15-17-19-20-21-22-23-24-25-26-28-29-31-33-35-37-39-41-46(54)63-43-45(44-64-67(61,62)66-53-51(59)49(57)48(56)50(58)52(53)60)65-47(55)42-40-38-36-34-32-30-27-18-16-14-12-10-8-6-4-2/h6,8,12,14,18,27,32,34,38,40,45,48-53,56-60H,3-5,7,9-11,13,15-17,19-26,28-31,33,35-37,39,41-44H2,1-2H3,(H,61,62)/b8-6-,14-12-,27-18-,34-32-,40-38-. The second-order valence-electron chi connectivity index (χ2n) is 18.0. The average molecular weight is 969 g/mol. The molecule has 0 heterocycles. The van der Waals surface area contributed by atoms with Crippen LogP contribution in [0.4, 0.5) is 0 Å². The van der Waals surface area contributed by atoms with Crippen molar-refractivity contribution in [1.82, 2.24) is 0 Å². The number of aliphatic hydroxyl groups is 5. The highest BCUT2D eigenvalue weighted by Gasteiger charge is 2.51. The Bertz CT molecular complexity index is 1400. The molecule has 6 N–H and O–H groups in total.